The minimum atomic E-state index is -4.70. The molecule has 3 atom stereocenters. The molecule has 1 saturated heterocycles. The van der Waals surface area contributed by atoms with Crippen LogP contribution in [-0.4, -0.2) is 60.7 Å². The number of halogens is 5. The van der Waals surface area contributed by atoms with E-state index in [0.717, 1.165) is 18.6 Å². The largest absolute Gasteiger partial charge is 0.461 e. The molecule has 11 heteroatoms. The molecule has 2 aliphatic heterocycles. The Hall–Kier alpha value is -3.91. The minimum absolute atomic E-state index is 0.000231. The van der Waals surface area contributed by atoms with Crippen LogP contribution >= 0.6 is 0 Å². The molecule has 1 N–H and O–H groups in total. The van der Waals surface area contributed by atoms with Crippen molar-refractivity contribution in [2.75, 3.05) is 33.2 Å². The lowest BCUT2D eigenvalue weighted by molar-refractivity contribution is -0.0919. The van der Waals surface area contributed by atoms with E-state index in [1.807, 2.05) is 24.9 Å². The topological polar surface area (TPSA) is 63.9 Å². The normalized spacial score (nSPS) is 28.8. The fourth-order valence-electron chi connectivity index (χ4n) is 5.73. The van der Waals surface area contributed by atoms with Gasteiger partial charge in [-0.2, -0.15) is 18.4 Å². The third kappa shape index (κ3) is 8.46. The van der Waals surface area contributed by atoms with Gasteiger partial charge in [-0.05, 0) is 51.8 Å². The van der Waals surface area contributed by atoms with Crippen LogP contribution in [0.1, 0.15) is 53.4 Å². The van der Waals surface area contributed by atoms with Crippen molar-refractivity contribution in [1.29, 1.82) is 5.26 Å². The van der Waals surface area contributed by atoms with Crippen LogP contribution in [0.3, 0.4) is 0 Å². The molecular weight excluding hydrogens is 601 g/mol. The van der Waals surface area contributed by atoms with Crippen molar-refractivity contribution in [3.8, 4) is 6.07 Å². The van der Waals surface area contributed by atoms with Gasteiger partial charge in [0.2, 0.25) is 0 Å². The first-order valence-corrected chi connectivity index (χ1v) is 15.5. The van der Waals surface area contributed by atoms with Gasteiger partial charge in [0.1, 0.15) is 29.0 Å². The lowest BCUT2D eigenvalue weighted by Gasteiger charge is -2.36. The van der Waals surface area contributed by atoms with Gasteiger partial charge in [-0.3, -0.25) is 0 Å². The Balaban J connectivity index is 2.03. The lowest BCUT2D eigenvalue weighted by Crippen LogP contribution is -2.45. The average Bonchev–Trinajstić information content (AvgIpc) is 2.99. The SMILES string of the molecule is C=CC1C(CCCC)=C(F)C=C(O/C2=C(C#N)/C(NC(=C)/C=C(\C(=C/C)N3CCN(C)CC3)C(F)(F)F)=N/C=C/CC2C)C1(C)F. The molecule has 0 bridgehead atoms. The molecule has 46 heavy (non-hydrogen) atoms. The van der Waals surface area contributed by atoms with E-state index in [4.69, 9.17) is 4.74 Å². The lowest BCUT2D eigenvalue weighted by atomic mass is 9.77. The summed E-state index contributed by atoms with van der Waals surface area (Å²) in [5, 5.41) is 13.0. The third-order valence-electron chi connectivity index (χ3n) is 8.40. The minimum Gasteiger partial charge on any atom is -0.461 e. The zero-order chi connectivity index (χ0) is 34.2. The molecule has 0 spiro atoms. The van der Waals surface area contributed by atoms with Crippen LogP contribution < -0.4 is 5.32 Å². The van der Waals surface area contributed by atoms with Gasteiger partial charge in [-0.25, -0.2) is 13.8 Å². The van der Waals surface area contributed by atoms with Crippen molar-refractivity contribution in [3.63, 3.8) is 0 Å². The Morgan fingerprint density at radius 2 is 1.96 bits per heavy atom. The first-order chi connectivity index (χ1) is 21.7. The summed E-state index contributed by atoms with van der Waals surface area (Å²) in [4.78, 5) is 7.99. The van der Waals surface area contributed by atoms with Crippen molar-refractivity contribution in [1.82, 2.24) is 15.1 Å². The Morgan fingerprint density at radius 1 is 1.28 bits per heavy atom. The molecule has 250 valence electrons. The molecule has 3 unspecified atom stereocenters. The van der Waals surface area contributed by atoms with E-state index in [0.29, 0.717) is 51.0 Å². The van der Waals surface area contributed by atoms with Gasteiger partial charge in [-0.1, -0.05) is 45.1 Å². The van der Waals surface area contributed by atoms with Crippen molar-refractivity contribution in [3.05, 3.63) is 95.2 Å². The molecule has 0 aromatic carbocycles. The van der Waals surface area contributed by atoms with E-state index in [2.05, 4.69) is 23.5 Å². The summed E-state index contributed by atoms with van der Waals surface area (Å²) in [6.07, 6.45) is 5.25. The zero-order valence-electron chi connectivity index (χ0n) is 27.3. The monoisotopic (exact) mass is 645 g/mol. The number of allylic oxidation sites excluding steroid dienone is 10. The molecule has 0 radical (unpaired) electrons. The Bertz CT molecular complexity index is 1430. The fraction of sp³-hybridized carbons (Fsp3) is 0.486. The summed E-state index contributed by atoms with van der Waals surface area (Å²) in [6.45, 7) is 16.1. The number of likely N-dealkylation sites (N-methyl/N-ethyl adjacent to an activating group) is 1. The molecule has 1 fully saturated rings. The van der Waals surface area contributed by atoms with Gasteiger partial charge in [-0.15, -0.1) is 6.58 Å². The number of nitrogens with one attached hydrogen (secondary N) is 1. The maximum absolute atomic E-state index is 16.4. The highest BCUT2D eigenvalue weighted by molar-refractivity contribution is 6.03. The van der Waals surface area contributed by atoms with E-state index in [-0.39, 0.29) is 34.3 Å². The molecule has 0 amide bonds. The number of piperazine rings is 1. The summed E-state index contributed by atoms with van der Waals surface area (Å²) < 4.78 is 81.0. The van der Waals surface area contributed by atoms with E-state index >= 15 is 8.78 Å². The summed E-state index contributed by atoms with van der Waals surface area (Å²) in [6, 6.07) is 2.01. The number of unbranched alkanes of at least 4 members (excludes halogenated alkanes) is 1. The van der Waals surface area contributed by atoms with Crippen LogP contribution in [0, 0.1) is 23.2 Å². The van der Waals surface area contributed by atoms with Gasteiger partial charge in [0.25, 0.3) is 0 Å². The Labute approximate surface area is 269 Å². The number of rotatable bonds is 10. The summed E-state index contributed by atoms with van der Waals surface area (Å²) in [5.41, 5.74) is -3.12. The fourth-order valence-corrected chi connectivity index (χ4v) is 5.73. The molecule has 0 aromatic heterocycles. The average molecular weight is 646 g/mol. The van der Waals surface area contributed by atoms with Crippen LogP contribution in [0.5, 0.6) is 0 Å². The van der Waals surface area contributed by atoms with Crippen LogP contribution in [0.2, 0.25) is 0 Å². The van der Waals surface area contributed by atoms with Crippen molar-refractivity contribution < 1.29 is 26.7 Å². The first kappa shape index (κ1) is 36.6. The Kier molecular flexibility index (Phi) is 12.4. The van der Waals surface area contributed by atoms with E-state index < -0.39 is 35.1 Å². The van der Waals surface area contributed by atoms with Gasteiger partial charge in [0.15, 0.2) is 11.5 Å². The highest BCUT2D eigenvalue weighted by Gasteiger charge is 2.45. The summed E-state index contributed by atoms with van der Waals surface area (Å²) in [7, 11) is 1.91. The van der Waals surface area contributed by atoms with Crippen LogP contribution in [0.4, 0.5) is 22.0 Å². The number of aliphatic imine (C=N–C) groups is 1. The van der Waals surface area contributed by atoms with Gasteiger partial charge in [0, 0.05) is 61.7 Å². The quantitative estimate of drug-likeness (QED) is 0.147. The second-order valence-electron chi connectivity index (χ2n) is 11.9. The molecule has 2 heterocycles. The zero-order valence-corrected chi connectivity index (χ0v) is 27.3. The van der Waals surface area contributed by atoms with Crippen LogP contribution in [0.15, 0.2) is 100 Å². The number of hydrogen-bond donors (Lipinski definition) is 1. The van der Waals surface area contributed by atoms with Crippen LogP contribution in [0.25, 0.3) is 0 Å². The van der Waals surface area contributed by atoms with Crippen LogP contribution in [-0.2, 0) is 4.74 Å². The molecule has 3 rings (SSSR count). The predicted molar refractivity (Wildman–Crippen MR) is 172 cm³/mol. The van der Waals surface area contributed by atoms with Gasteiger partial charge in [0.05, 0.1) is 5.57 Å². The van der Waals surface area contributed by atoms with E-state index in [1.165, 1.54) is 25.3 Å². The molecule has 1 aliphatic carbocycles. The number of amidine groups is 1. The van der Waals surface area contributed by atoms with Gasteiger partial charge >= 0.3 is 6.18 Å². The van der Waals surface area contributed by atoms with E-state index in [9.17, 15) is 18.4 Å². The number of nitrogens with zero attached hydrogens (tertiary/aromatic N) is 4. The second-order valence-corrected chi connectivity index (χ2v) is 11.9. The number of hydrogen-bond acceptors (Lipinski definition) is 6. The second kappa shape index (κ2) is 15.6. The molecule has 6 nitrogen and oxygen atoms in total. The number of alkyl halides is 4. The van der Waals surface area contributed by atoms with Crippen molar-refractivity contribution in [2.24, 2.45) is 16.8 Å². The number of nitriles is 1. The highest BCUT2D eigenvalue weighted by atomic mass is 19.4. The first-order valence-electron chi connectivity index (χ1n) is 15.5. The molecular formula is C35H44F5N5O. The maximum Gasteiger partial charge on any atom is 0.418 e. The maximum atomic E-state index is 16.4. The standard InChI is InChI=1S/C35H44F5N5O/c1-8-11-14-25-27(9-2)34(6,37)31(21-29(25)36)46-32-23(4)13-12-15-42-33(26(32)22-41)43-24(5)20-28(35(38,39)40)30(10-3)45-18-16-44(7)17-19-45/h9-10,12,15,20-21,23,27H,2,5,8,11,13-14,16-19H2,1,3-4,6-7H3,(H,42,43)/b15-12+,28-20+,30-10+,32-26+. The van der Waals surface area contributed by atoms with Gasteiger partial charge < -0.3 is 19.9 Å². The Morgan fingerprint density at radius 3 is 2.52 bits per heavy atom. The summed E-state index contributed by atoms with van der Waals surface area (Å²) >= 11 is 0. The third-order valence-corrected chi connectivity index (χ3v) is 8.40. The smallest absolute Gasteiger partial charge is 0.418 e. The predicted octanol–water partition coefficient (Wildman–Crippen LogP) is 8.32. The number of ether oxygens (including phenoxy) is 1. The van der Waals surface area contributed by atoms with E-state index in [1.54, 1.807) is 24.8 Å². The summed E-state index contributed by atoms with van der Waals surface area (Å²) in [5.74, 6) is -2.58. The highest BCUT2D eigenvalue weighted by Crippen LogP contribution is 2.46. The molecule has 3 aliphatic rings. The molecule has 0 aromatic rings. The molecule has 0 saturated carbocycles. The van der Waals surface area contributed by atoms with Crippen molar-refractivity contribution in [2.45, 2.75) is 65.2 Å². The van der Waals surface area contributed by atoms with Crippen molar-refractivity contribution >= 4 is 5.84 Å².